The first-order chi connectivity index (χ1) is 10.7. The van der Waals surface area contributed by atoms with Crippen molar-refractivity contribution < 1.29 is 0 Å². The van der Waals surface area contributed by atoms with Crippen molar-refractivity contribution in [3.05, 3.63) is 60.4 Å². The molecule has 4 N–H and O–H groups in total. The number of thioether (sulfide) groups is 1. The van der Waals surface area contributed by atoms with Gasteiger partial charge in [0.1, 0.15) is 5.82 Å². The van der Waals surface area contributed by atoms with Crippen LogP contribution in [0.15, 0.2) is 59.5 Å². The number of nitrogen functional groups attached to an aromatic ring is 2. The van der Waals surface area contributed by atoms with E-state index in [9.17, 15) is 0 Å². The Bertz CT molecular complexity index is 739. The monoisotopic (exact) mass is 309 g/mol. The van der Waals surface area contributed by atoms with Crippen LogP contribution in [0.4, 0.5) is 11.9 Å². The normalized spacial score (nSPS) is 10.5. The molecule has 0 spiro atoms. The molecule has 3 rings (SSSR count). The quantitative estimate of drug-likeness (QED) is 0.720. The highest BCUT2D eigenvalue weighted by Gasteiger charge is 2.04. The molecule has 0 atom stereocenters. The van der Waals surface area contributed by atoms with Crippen molar-refractivity contribution in [2.75, 3.05) is 11.5 Å². The molecule has 0 bridgehead atoms. The van der Waals surface area contributed by atoms with E-state index in [-0.39, 0.29) is 11.9 Å². The maximum atomic E-state index is 5.56. The molecule has 0 radical (unpaired) electrons. The Labute approximate surface area is 132 Å². The maximum absolute atomic E-state index is 5.56. The van der Waals surface area contributed by atoms with Crippen LogP contribution in [0.1, 0.15) is 5.82 Å². The highest BCUT2D eigenvalue weighted by atomic mass is 32.2. The Balaban J connectivity index is 1.69. The SMILES string of the molecule is Nc1nc(N)nc(CSc2ccc(-c3ccccc3)cc2)n1. The number of hydrogen-bond acceptors (Lipinski definition) is 6. The molecule has 0 aliphatic heterocycles. The number of nitrogens with two attached hydrogens (primary N) is 2. The van der Waals surface area contributed by atoms with E-state index in [1.165, 1.54) is 11.1 Å². The average molecular weight is 309 g/mol. The number of rotatable bonds is 4. The summed E-state index contributed by atoms with van der Waals surface area (Å²) >= 11 is 1.63. The molecule has 3 aromatic rings. The third kappa shape index (κ3) is 3.53. The summed E-state index contributed by atoms with van der Waals surface area (Å²) in [6.45, 7) is 0. The van der Waals surface area contributed by atoms with Crippen LogP contribution in [0.5, 0.6) is 0 Å². The van der Waals surface area contributed by atoms with Gasteiger partial charge in [-0.15, -0.1) is 11.8 Å². The fourth-order valence-electron chi connectivity index (χ4n) is 2.04. The van der Waals surface area contributed by atoms with Crippen LogP contribution in [-0.4, -0.2) is 15.0 Å². The molecular weight excluding hydrogens is 294 g/mol. The molecule has 110 valence electrons. The molecule has 0 saturated carbocycles. The van der Waals surface area contributed by atoms with Gasteiger partial charge >= 0.3 is 0 Å². The van der Waals surface area contributed by atoms with Crippen LogP contribution in [0, 0.1) is 0 Å². The first kappa shape index (κ1) is 14.3. The smallest absolute Gasteiger partial charge is 0.225 e. The van der Waals surface area contributed by atoms with Gasteiger partial charge in [0, 0.05) is 4.90 Å². The topological polar surface area (TPSA) is 90.7 Å². The standard InChI is InChI=1S/C16H15N5S/c17-15-19-14(20-16(18)21-15)10-22-13-8-6-12(7-9-13)11-4-2-1-3-5-11/h1-9H,10H2,(H4,17,18,19,20,21). The van der Waals surface area contributed by atoms with Crippen molar-refractivity contribution in [2.24, 2.45) is 0 Å². The van der Waals surface area contributed by atoms with Crippen molar-refractivity contribution >= 4 is 23.7 Å². The van der Waals surface area contributed by atoms with Gasteiger partial charge in [-0.2, -0.15) is 15.0 Å². The lowest BCUT2D eigenvalue weighted by atomic mass is 10.1. The Morgan fingerprint density at radius 3 is 1.95 bits per heavy atom. The van der Waals surface area contributed by atoms with Crippen LogP contribution in [0.3, 0.4) is 0 Å². The fraction of sp³-hybridized carbons (Fsp3) is 0.0625. The number of aromatic nitrogens is 3. The van der Waals surface area contributed by atoms with E-state index in [2.05, 4.69) is 51.4 Å². The fourth-order valence-corrected chi connectivity index (χ4v) is 2.80. The molecule has 5 nitrogen and oxygen atoms in total. The Kier molecular flexibility index (Phi) is 4.20. The molecule has 0 aliphatic carbocycles. The Morgan fingerprint density at radius 1 is 0.727 bits per heavy atom. The summed E-state index contributed by atoms with van der Waals surface area (Å²) in [6.07, 6.45) is 0. The van der Waals surface area contributed by atoms with Gasteiger partial charge < -0.3 is 11.5 Å². The number of benzene rings is 2. The van der Waals surface area contributed by atoms with E-state index < -0.39 is 0 Å². The molecule has 0 aliphatic rings. The number of anilines is 2. The van der Waals surface area contributed by atoms with Crippen molar-refractivity contribution in [2.45, 2.75) is 10.6 Å². The van der Waals surface area contributed by atoms with Crippen LogP contribution >= 0.6 is 11.8 Å². The summed E-state index contributed by atoms with van der Waals surface area (Å²) in [4.78, 5) is 13.0. The Morgan fingerprint density at radius 2 is 1.32 bits per heavy atom. The van der Waals surface area contributed by atoms with Crippen molar-refractivity contribution in [1.82, 2.24) is 15.0 Å². The van der Waals surface area contributed by atoms with Gasteiger partial charge in [-0.3, -0.25) is 0 Å². The average Bonchev–Trinajstić information content (AvgIpc) is 2.53. The minimum atomic E-state index is 0.155. The van der Waals surface area contributed by atoms with Gasteiger partial charge in [0.15, 0.2) is 0 Å². The summed E-state index contributed by atoms with van der Waals surface area (Å²) < 4.78 is 0. The molecule has 0 unspecified atom stereocenters. The summed E-state index contributed by atoms with van der Waals surface area (Å²) in [6, 6.07) is 18.7. The van der Waals surface area contributed by atoms with Crippen LogP contribution in [0.2, 0.25) is 0 Å². The third-order valence-corrected chi connectivity index (χ3v) is 4.05. The minimum Gasteiger partial charge on any atom is -0.368 e. The maximum Gasteiger partial charge on any atom is 0.225 e. The zero-order chi connectivity index (χ0) is 15.4. The Hall–Kier alpha value is -2.60. The second kappa shape index (κ2) is 6.44. The van der Waals surface area contributed by atoms with Crippen LogP contribution in [0.25, 0.3) is 11.1 Å². The third-order valence-electron chi connectivity index (χ3n) is 3.05. The molecule has 2 aromatic carbocycles. The molecule has 6 heteroatoms. The summed E-state index contributed by atoms with van der Waals surface area (Å²) in [5, 5.41) is 0. The molecule has 0 amide bonds. The van der Waals surface area contributed by atoms with Crippen molar-refractivity contribution in [3.63, 3.8) is 0 Å². The zero-order valence-electron chi connectivity index (χ0n) is 11.8. The summed E-state index contributed by atoms with van der Waals surface area (Å²) in [7, 11) is 0. The van der Waals surface area contributed by atoms with E-state index in [1.54, 1.807) is 11.8 Å². The van der Waals surface area contributed by atoms with Gasteiger partial charge in [0.25, 0.3) is 0 Å². The second-order valence-electron chi connectivity index (χ2n) is 4.65. The highest BCUT2D eigenvalue weighted by molar-refractivity contribution is 7.98. The van der Waals surface area contributed by atoms with Gasteiger partial charge in [0.05, 0.1) is 5.75 Å². The van der Waals surface area contributed by atoms with Gasteiger partial charge in [0.2, 0.25) is 11.9 Å². The first-order valence-corrected chi connectivity index (χ1v) is 7.73. The number of nitrogens with zero attached hydrogens (tertiary/aromatic N) is 3. The van der Waals surface area contributed by atoms with Gasteiger partial charge in [-0.25, -0.2) is 0 Å². The lowest BCUT2D eigenvalue weighted by Gasteiger charge is -2.05. The summed E-state index contributed by atoms with van der Waals surface area (Å²) in [5.41, 5.74) is 13.5. The highest BCUT2D eigenvalue weighted by Crippen LogP contribution is 2.25. The first-order valence-electron chi connectivity index (χ1n) is 6.75. The molecule has 1 aromatic heterocycles. The molecular formula is C16H15N5S. The zero-order valence-corrected chi connectivity index (χ0v) is 12.6. The van der Waals surface area contributed by atoms with E-state index in [0.29, 0.717) is 11.6 Å². The van der Waals surface area contributed by atoms with Crippen molar-refractivity contribution in [3.8, 4) is 11.1 Å². The van der Waals surface area contributed by atoms with Gasteiger partial charge in [-0.1, -0.05) is 42.5 Å². The molecule has 0 saturated heterocycles. The number of hydrogen-bond donors (Lipinski definition) is 2. The largest absolute Gasteiger partial charge is 0.368 e. The minimum absolute atomic E-state index is 0.155. The van der Waals surface area contributed by atoms with E-state index in [4.69, 9.17) is 11.5 Å². The lowest BCUT2D eigenvalue weighted by Crippen LogP contribution is -2.05. The predicted octanol–water partition coefficient (Wildman–Crippen LogP) is 3.00. The predicted molar refractivity (Wildman–Crippen MR) is 90.1 cm³/mol. The van der Waals surface area contributed by atoms with E-state index >= 15 is 0 Å². The second-order valence-corrected chi connectivity index (χ2v) is 5.70. The summed E-state index contributed by atoms with van der Waals surface area (Å²) in [5.74, 6) is 1.49. The van der Waals surface area contributed by atoms with Gasteiger partial charge in [-0.05, 0) is 23.3 Å². The van der Waals surface area contributed by atoms with E-state index in [1.807, 2.05) is 18.2 Å². The molecule has 1 heterocycles. The molecule has 0 fully saturated rings. The van der Waals surface area contributed by atoms with Crippen LogP contribution < -0.4 is 11.5 Å². The van der Waals surface area contributed by atoms with E-state index in [0.717, 1.165) is 4.90 Å². The van der Waals surface area contributed by atoms with Crippen molar-refractivity contribution in [1.29, 1.82) is 0 Å². The van der Waals surface area contributed by atoms with Crippen LogP contribution in [-0.2, 0) is 5.75 Å². The lowest BCUT2D eigenvalue weighted by molar-refractivity contribution is 0.988. The molecule has 22 heavy (non-hydrogen) atoms.